The van der Waals surface area contributed by atoms with E-state index in [1.807, 2.05) is 24.3 Å². The number of nitrogens with zero attached hydrogens (tertiary/aromatic N) is 3. The Kier molecular flexibility index (Phi) is 8.17. The first-order valence-electron chi connectivity index (χ1n) is 9.89. The van der Waals surface area contributed by atoms with Crippen LogP contribution in [-0.4, -0.2) is 32.3 Å². The number of carbonyl (C=O) groups is 2. The molecule has 1 aromatic heterocycles. The van der Waals surface area contributed by atoms with E-state index in [1.165, 1.54) is 17.8 Å². The van der Waals surface area contributed by atoms with Crippen molar-refractivity contribution in [3.63, 3.8) is 0 Å². The summed E-state index contributed by atoms with van der Waals surface area (Å²) in [6.45, 7) is 4.35. The molecule has 0 fully saturated rings. The molecular weight excluding hydrogens is 469 g/mol. The molecule has 1 heterocycles. The highest BCUT2D eigenvalue weighted by Gasteiger charge is 2.15. The predicted molar refractivity (Wildman–Crippen MR) is 129 cm³/mol. The summed E-state index contributed by atoms with van der Waals surface area (Å²) >= 11 is 13.1. The highest BCUT2D eigenvalue weighted by molar-refractivity contribution is 7.99. The fourth-order valence-corrected chi connectivity index (χ4v) is 3.98. The lowest BCUT2D eigenvalue weighted by Gasteiger charge is -2.13. The summed E-state index contributed by atoms with van der Waals surface area (Å²) in [6.07, 6.45) is 0. The van der Waals surface area contributed by atoms with Gasteiger partial charge in [-0.2, -0.15) is 0 Å². The van der Waals surface area contributed by atoms with Gasteiger partial charge in [0.25, 0.3) is 5.91 Å². The van der Waals surface area contributed by atoms with Crippen LogP contribution in [-0.2, 0) is 18.4 Å². The number of para-hydroxylation sites is 1. The first kappa shape index (κ1) is 24.1. The van der Waals surface area contributed by atoms with Crippen molar-refractivity contribution in [2.45, 2.75) is 31.5 Å². The molecule has 0 saturated heterocycles. The monoisotopic (exact) mass is 491 g/mol. The van der Waals surface area contributed by atoms with E-state index < -0.39 is 0 Å². The highest BCUT2D eigenvalue weighted by atomic mass is 35.5. The number of aromatic nitrogens is 3. The Hall–Kier alpha value is -2.55. The molecule has 7 nitrogen and oxygen atoms in total. The van der Waals surface area contributed by atoms with Crippen molar-refractivity contribution in [1.29, 1.82) is 0 Å². The van der Waals surface area contributed by atoms with Gasteiger partial charge < -0.3 is 15.2 Å². The maximum absolute atomic E-state index is 12.4. The number of amides is 2. The Morgan fingerprint density at radius 1 is 1.09 bits per heavy atom. The fourth-order valence-electron chi connectivity index (χ4n) is 2.95. The smallest absolute Gasteiger partial charge is 0.251 e. The van der Waals surface area contributed by atoms with Gasteiger partial charge in [-0.25, -0.2) is 0 Å². The lowest BCUT2D eigenvalue weighted by Crippen LogP contribution is -2.24. The summed E-state index contributed by atoms with van der Waals surface area (Å²) in [5.74, 6) is 0.629. The van der Waals surface area contributed by atoms with Crippen molar-refractivity contribution in [2.24, 2.45) is 7.05 Å². The molecule has 0 aliphatic heterocycles. The van der Waals surface area contributed by atoms with Crippen molar-refractivity contribution in [3.8, 4) is 0 Å². The number of thioether (sulfide) groups is 1. The van der Waals surface area contributed by atoms with Crippen LogP contribution in [0.2, 0.25) is 10.0 Å². The number of rotatable bonds is 8. The average Bonchev–Trinajstić information content (AvgIpc) is 3.12. The third kappa shape index (κ3) is 6.03. The second kappa shape index (κ2) is 10.8. The molecule has 10 heteroatoms. The van der Waals surface area contributed by atoms with Crippen LogP contribution in [0.1, 0.15) is 41.5 Å². The van der Waals surface area contributed by atoms with E-state index in [0.717, 1.165) is 11.3 Å². The number of hydrogen-bond donors (Lipinski definition) is 2. The van der Waals surface area contributed by atoms with E-state index in [9.17, 15) is 9.59 Å². The Morgan fingerprint density at radius 2 is 1.84 bits per heavy atom. The van der Waals surface area contributed by atoms with Crippen molar-refractivity contribution >= 4 is 52.5 Å². The van der Waals surface area contributed by atoms with E-state index in [0.29, 0.717) is 32.5 Å². The van der Waals surface area contributed by atoms with Gasteiger partial charge in [0.2, 0.25) is 5.91 Å². The standard InChI is InChI=1S/C22H23Cl2N5O2S/c1-13(2)15-6-4-5-7-18(15)26-20(30)12-32-22-28-27-19(29(22)3)11-25-21(31)14-8-9-16(23)17(24)10-14/h4-10,13H,11-12H2,1-3H3,(H,25,31)(H,26,30). The summed E-state index contributed by atoms with van der Waals surface area (Å²) in [5, 5.41) is 15.2. The maximum Gasteiger partial charge on any atom is 0.251 e. The minimum absolute atomic E-state index is 0.124. The summed E-state index contributed by atoms with van der Waals surface area (Å²) in [7, 11) is 1.79. The molecule has 0 aliphatic rings. The summed E-state index contributed by atoms with van der Waals surface area (Å²) < 4.78 is 1.75. The molecule has 3 aromatic rings. The van der Waals surface area contributed by atoms with Gasteiger partial charge in [0.15, 0.2) is 11.0 Å². The molecule has 2 N–H and O–H groups in total. The Morgan fingerprint density at radius 3 is 2.56 bits per heavy atom. The summed E-state index contributed by atoms with van der Waals surface area (Å²) in [4.78, 5) is 24.8. The first-order valence-corrected chi connectivity index (χ1v) is 11.6. The van der Waals surface area contributed by atoms with Crippen LogP contribution in [0.4, 0.5) is 5.69 Å². The molecule has 168 valence electrons. The van der Waals surface area contributed by atoms with Crippen molar-refractivity contribution in [3.05, 3.63) is 69.5 Å². The molecule has 32 heavy (non-hydrogen) atoms. The van der Waals surface area contributed by atoms with E-state index in [1.54, 1.807) is 23.7 Å². The molecule has 0 unspecified atom stereocenters. The molecule has 0 saturated carbocycles. The van der Waals surface area contributed by atoms with Crippen LogP contribution in [0.15, 0.2) is 47.6 Å². The quantitative estimate of drug-likeness (QED) is 0.437. The third-order valence-corrected chi connectivity index (χ3v) is 6.46. The van der Waals surface area contributed by atoms with Gasteiger partial charge in [-0.1, -0.05) is 67.0 Å². The molecule has 3 rings (SSSR count). The van der Waals surface area contributed by atoms with E-state index in [2.05, 4.69) is 34.7 Å². The van der Waals surface area contributed by atoms with Crippen LogP contribution in [0.25, 0.3) is 0 Å². The first-order chi connectivity index (χ1) is 15.3. The fraction of sp³-hybridized carbons (Fsp3) is 0.273. The van der Waals surface area contributed by atoms with Crippen molar-refractivity contribution in [2.75, 3.05) is 11.1 Å². The molecule has 2 amide bonds. The summed E-state index contributed by atoms with van der Waals surface area (Å²) in [6, 6.07) is 12.4. The zero-order valence-electron chi connectivity index (χ0n) is 17.9. The van der Waals surface area contributed by atoms with Gasteiger partial charge in [-0.15, -0.1) is 10.2 Å². The van der Waals surface area contributed by atoms with Crippen LogP contribution in [0.5, 0.6) is 0 Å². The number of carbonyl (C=O) groups excluding carboxylic acids is 2. The predicted octanol–water partition coefficient (Wildman–Crippen LogP) is 4.91. The number of nitrogens with one attached hydrogen (secondary N) is 2. The Bertz CT molecular complexity index is 1130. The zero-order chi connectivity index (χ0) is 23.3. The minimum atomic E-state index is -0.302. The number of benzene rings is 2. The van der Waals surface area contributed by atoms with Crippen LogP contribution >= 0.6 is 35.0 Å². The third-order valence-electron chi connectivity index (χ3n) is 4.70. The zero-order valence-corrected chi connectivity index (χ0v) is 20.2. The minimum Gasteiger partial charge on any atom is -0.345 e. The molecule has 0 spiro atoms. The molecular formula is C22H23Cl2N5O2S. The second-order valence-corrected chi connectivity index (χ2v) is 9.11. The SMILES string of the molecule is CC(C)c1ccccc1NC(=O)CSc1nnc(CNC(=O)c2ccc(Cl)c(Cl)c2)n1C. The Balaban J connectivity index is 1.55. The van der Waals surface area contributed by atoms with Gasteiger partial charge in [-0.3, -0.25) is 9.59 Å². The molecule has 0 radical (unpaired) electrons. The van der Waals surface area contributed by atoms with Gasteiger partial charge in [0.1, 0.15) is 0 Å². The Labute approximate surface area is 200 Å². The van der Waals surface area contributed by atoms with Crippen LogP contribution in [0.3, 0.4) is 0 Å². The van der Waals surface area contributed by atoms with Gasteiger partial charge >= 0.3 is 0 Å². The lowest BCUT2D eigenvalue weighted by atomic mass is 10.0. The topological polar surface area (TPSA) is 88.9 Å². The van der Waals surface area contributed by atoms with E-state index >= 15 is 0 Å². The van der Waals surface area contributed by atoms with Crippen molar-refractivity contribution in [1.82, 2.24) is 20.1 Å². The average molecular weight is 492 g/mol. The normalized spacial score (nSPS) is 10.9. The van der Waals surface area contributed by atoms with Gasteiger partial charge in [-0.05, 0) is 35.7 Å². The second-order valence-electron chi connectivity index (χ2n) is 7.35. The van der Waals surface area contributed by atoms with Crippen LogP contribution < -0.4 is 10.6 Å². The molecule has 0 bridgehead atoms. The molecule has 0 atom stereocenters. The van der Waals surface area contributed by atoms with Gasteiger partial charge in [0.05, 0.1) is 22.3 Å². The molecule has 0 aliphatic carbocycles. The van der Waals surface area contributed by atoms with E-state index in [4.69, 9.17) is 23.2 Å². The number of hydrogen-bond acceptors (Lipinski definition) is 5. The van der Waals surface area contributed by atoms with E-state index in [-0.39, 0.29) is 24.1 Å². The maximum atomic E-state index is 12.4. The largest absolute Gasteiger partial charge is 0.345 e. The van der Waals surface area contributed by atoms with Crippen molar-refractivity contribution < 1.29 is 9.59 Å². The van der Waals surface area contributed by atoms with Crippen LogP contribution in [0, 0.1) is 0 Å². The van der Waals surface area contributed by atoms with Gasteiger partial charge in [0, 0.05) is 18.3 Å². The molecule has 2 aromatic carbocycles. The highest BCUT2D eigenvalue weighted by Crippen LogP contribution is 2.25. The summed E-state index contributed by atoms with van der Waals surface area (Å²) in [5.41, 5.74) is 2.30. The number of halogens is 2. The number of anilines is 1. The lowest BCUT2D eigenvalue weighted by molar-refractivity contribution is -0.113.